The fourth-order valence-electron chi connectivity index (χ4n) is 2.58. The lowest BCUT2D eigenvalue weighted by atomic mass is 10.0. The molecule has 0 bridgehead atoms. The molecule has 0 aromatic rings. The van der Waals surface area contributed by atoms with Gasteiger partial charge >= 0.3 is 5.97 Å². The number of hydrogen-bond donors (Lipinski definition) is 3. The van der Waals surface area contributed by atoms with Crippen molar-refractivity contribution >= 4 is 23.7 Å². The van der Waals surface area contributed by atoms with Gasteiger partial charge in [0, 0.05) is 24.2 Å². The number of carbonyl (C=O) groups excluding carboxylic acids is 3. The van der Waals surface area contributed by atoms with Gasteiger partial charge in [-0.2, -0.15) is 0 Å². The number of rotatable bonds is 6. The summed E-state index contributed by atoms with van der Waals surface area (Å²) in [7, 11) is 0. The number of piperidine rings is 1. The smallest absolute Gasteiger partial charge is 0.322 e. The van der Waals surface area contributed by atoms with E-state index in [0.29, 0.717) is 17.7 Å². The number of nitrogens with one attached hydrogen (secondary N) is 2. The van der Waals surface area contributed by atoms with Gasteiger partial charge < -0.3 is 15.3 Å². The maximum atomic E-state index is 12.5. The third-order valence-corrected chi connectivity index (χ3v) is 3.70. The van der Waals surface area contributed by atoms with Crippen LogP contribution in [0.25, 0.3) is 0 Å². The Kier molecular flexibility index (Phi) is 5.51. The van der Waals surface area contributed by atoms with Gasteiger partial charge in [-0.25, -0.2) is 0 Å². The number of carboxylic acids is 1. The molecule has 2 rings (SSSR count). The molecule has 0 aromatic carbocycles. The van der Waals surface area contributed by atoms with E-state index in [1.165, 1.54) is 4.90 Å². The summed E-state index contributed by atoms with van der Waals surface area (Å²) in [5, 5.41) is 13.7. The van der Waals surface area contributed by atoms with Gasteiger partial charge in [0.15, 0.2) is 0 Å². The standard InChI is InChI=1S/C16H19N3O5/c1-2-3-11(17-9-14(21)22)8-10-6-7-19(16(10)24)12-4-5-13(20)18-15(12)23/h2-3,6,8,12,17H,4-5,7,9H2,1H3,(H,21,22)(H,18,20,23)/b3-2+,11-8+. The first kappa shape index (κ1) is 17.5. The zero-order valence-electron chi connectivity index (χ0n) is 13.2. The summed E-state index contributed by atoms with van der Waals surface area (Å²) in [6, 6.07) is -0.658. The average Bonchev–Trinajstić information content (AvgIpc) is 2.86. The van der Waals surface area contributed by atoms with E-state index in [4.69, 9.17) is 5.11 Å². The quantitative estimate of drug-likeness (QED) is 0.454. The summed E-state index contributed by atoms with van der Waals surface area (Å²) in [4.78, 5) is 47.7. The molecule has 24 heavy (non-hydrogen) atoms. The van der Waals surface area contributed by atoms with E-state index in [-0.39, 0.29) is 31.3 Å². The van der Waals surface area contributed by atoms with E-state index in [9.17, 15) is 19.2 Å². The van der Waals surface area contributed by atoms with Gasteiger partial charge in [0.2, 0.25) is 11.8 Å². The first-order valence-corrected chi connectivity index (χ1v) is 7.57. The molecule has 0 saturated carbocycles. The van der Waals surface area contributed by atoms with Crippen molar-refractivity contribution < 1.29 is 24.3 Å². The van der Waals surface area contributed by atoms with Gasteiger partial charge in [0.1, 0.15) is 12.6 Å². The van der Waals surface area contributed by atoms with E-state index >= 15 is 0 Å². The van der Waals surface area contributed by atoms with Crippen molar-refractivity contribution in [2.45, 2.75) is 25.8 Å². The van der Waals surface area contributed by atoms with Crippen LogP contribution in [0.15, 0.2) is 35.6 Å². The summed E-state index contributed by atoms with van der Waals surface area (Å²) < 4.78 is 0. The Morgan fingerprint density at radius 3 is 2.83 bits per heavy atom. The summed E-state index contributed by atoms with van der Waals surface area (Å²) >= 11 is 0. The second-order valence-corrected chi connectivity index (χ2v) is 5.43. The van der Waals surface area contributed by atoms with Crippen LogP contribution in [0.3, 0.4) is 0 Å². The first-order chi connectivity index (χ1) is 11.4. The minimum atomic E-state index is -1.01. The molecule has 0 radical (unpaired) electrons. The monoisotopic (exact) mass is 333 g/mol. The molecule has 3 amide bonds. The molecule has 8 heteroatoms. The molecule has 0 aromatic heterocycles. The fourth-order valence-corrected chi connectivity index (χ4v) is 2.58. The van der Waals surface area contributed by atoms with Crippen LogP contribution in [-0.4, -0.2) is 52.8 Å². The van der Waals surface area contributed by atoms with Crippen LogP contribution >= 0.6 is 0 Å². The highest BCUT2D eigenvalue weighted by Gasteiger charge is 2.36. The number of aliphatic carboxylic acids is 1. The molecule has 3 N–H and O–H groups in total. The number of carbonyl (C=O) groups is 4. The molecule has 128 valence electrons. The number of carboxylic acid groups (broad SMARTS) is 1. The maximum Gasteiger partial charge on any atom is 0.322 e. The third-order valence-electron chi connectivity index (χ3n) is 3.70. The van der Waals surface area contributed by atoms with Crippen molar-refractivity contribution in [1.82, 2.24) is 15.5 Å². The van der Waals surface area contributed by atoms with Crippen molar-refractivity contribution in [1.29, 1.82) is 0 Å². The predicted octanol–water partition coefficient (Wildman–Crippen LogP) is -0.306. The summed E-state index contributed by atoms with van der Waals surface area (Å²) in [6.07, 6.45) is 7.12. The molecular weight excluding hydrogens is 314 g/mol. The molecule has 2 heterocycles. The van der Waals surface area contributed by atoms with Crippen molar-refractivity contribution in [2.75, 3.05) is 13.1 Å². The number of allylic oxidation sites excluding steroid dienone is 2. The Balaban J connectivity index is 2.08. The van der Waals surface area contributed by atoms with Crippen molar-refractivity contribution in [3.8, 4) is 0 Å². The second kappa shape index (κ2) is 7.58. The van der Waals surface area contributed by atoms with Gasteiger partial charge in [0.25, 0.3) is 5.91 Å². The zero-order valence-corrected chi connectivity index (χ0v) is 13.2. The lowest BCUT2D eigenvalue weighted by Crippen LogP contribution is -2.53. The normalized spacial score (nSPS) is 22.0. The SMILES string of the molecule is C/C=C/C(=C\C1=CCN(C2CCC(=O)NC2=O)C1=O)NCC(=O)O. The zero-order chi connectivity index (χ0) is 17.7. The number of nitrogens with zero attached hydrogens (tertiary/aromatic N) is 1. The van der Waals surface area contributed by atoms with Gasteiger partial charge in [0.05, 0.1) is 0 Å². The summed E-state index contributed by atoms with van der Waals surface area (Å²) in [5.41, 5.74) is 0.871. The highest BCUT2D eigenvalue weighted by atomic mass is 16.4. The van der Waals surface area contributed by atoms with Gasteiger partial charge in [-0.3, -0.25) is 24.5 Å². The highest BCUT2D eigenvalue weighted by Crippen LogP contribution is 2.21. The van der Waals surface area contributed by atoms with Crippen molar-refractivity contribution in [3.63, 3.8) is 0 Å². The Morgan fingerprint density at radius 1 is 1.46 bits per heavy atom. The third kappa shape index (κ3) is 4.09. The number of imide groups is 1. The molecule has 1 fully saturated rings. The number of amides is 3. The van der Waals surface area contributed by atoms with Gasteiger partial charge in [-0.1, -0.05) is 12.2 Å². The predicted molar refractivity (Wildman–Crippen MR) is 84.5 cm³/mol. The molecule has 2 aliphatic heterocycles. The Hall–Kier alpha value is -2.90. The Labute approximate surface area is 138 Å². The van der Waals surface area contributed by atoms with E-state index in [1.54, 1.807) is 31.2 Å². The largest absolute Gasteiger partial charge is 0.480 e. The van der Waals surface area contributed by atoms with Gasteiger partial charge in [-0.15, -0.1) is 0 Å². The molecule has 1 atom stereocenters. The first-order valence-electron chi connectivity index (χ1n) is 7.57. The van der Waals surface area contributed by atoms with Crippen LogP contribution in [0.1, 0.15) is 19.8 Å². The molecule has 0 aliphatic carbocycles. The molecule has 8 nitrogen and oxygen atoms in total. The van der Waals surface area contributed by atoms with E-state index in [1.807, 2.05) is 0 Å². The van der Waals surface area contributed by atoms with Crippen molar-refractivity contribution in [2.24, 2.45) is 0 Å². The van der Waals surface area contributed by atoms with Crippen LogP contribution in [0.4, 0.5) is 0 Å². The molecule has 1 unspecified atom stereocenters. The fraction of sp³-hybridized carbons (Fsp3) is 0.375. The topological polar surface area (TPSA) is 116 Å². The van der Waals surface area contributed by atoms with Crippen LogP contribution in [0, 0.1) is 0 Å². The van der Waals surface area contributed by atoms with Crippen LogP contribution in [-0.2, 0) is 19.2 Å². The van der Waals surface area contributed by atoms with Crippen LogP contribution in [0.5, 0.6) is 0 Å². The molecule has 0 spiro atoms. The minimum absolute atomic E-state index is 0.204. The number of hydrogen-bond acceptors (Lipinski definition) is 5. The van der Waals surface area contributed by atoms with E-state index < -0.39 is 17.9 Å². The summed E-state index contributed by atoms with van der Waals surface area (Å²) in [6.45, 7) is 1.78. The minimum Gasteiger partial charge on any atom is -0.480 e. The Bertz CT molecular complexity index is 663. The van der Waals surface area contributed by atoms with Crippen LogP contribution < -0.4 is 10.6 Å². The molecular formula is C16H19N3O5. The highest BCUT2D eigenvalue weighted by molar-refractivity contribution is 6.05. The Morgan fingerprint density at radius 2 is 2.21 bits per heavy atom. The van der Waals surface area contributed by atoms with E-state index in [2.05, 4.69) is 10.6 Å². The lowest BCUT2D eigenvalue weighted by molar-refractivity contribution is -0.142. The molecule has 1 saturated heterocycles. The second-order valence-electron chi connectivity index (χ2n) is 5.43. The van der Waals surface area contributed by atoms with Gasteiger partial charge in [-0.05, 0) is 25.5 Å². The van der Waals surface area contributed by atoms with E-state index in [0.717, 1.165) is 0 Å². The molecule has 2 aliphatic rings. The van der Waals surface area contributed by atoms with Crippen molar-refractivity contribution in [3.05, 3.63) is 35.6 Å². The van der Waals surface area contributed by atoms with Crippen LogP contribution in [0.2, 0.25) is 0 Å². The maximum absolute atomic E-state index is 12.5. The summed E-state index contributed by atoms with van der Waals surface area (Å²) in [5.74, 6) is -2.12. The lowest BCUT2D eigenvalue weighted by Gasteiger charge is -2.29. The average molecular weight is 333 g/mol.